The van der Waals surface area contributed by atoms with Gasteiger partial charge in [-0.2, -0.15) is 0 Å². The molecule has 0 saturated carbocycles. The minimum atomic E-state index is 0.941. The zero-order chi connectivity index (χ0) is 29.5. The third-order valence-corrected chi connectivity index (χ3v) is 10.0. The quantitative estimate of drug-likeness (QED) is 0.147. The molecule has 0 N–H and O–H groups in total. The Labute approximate surface area is 262 Å². The SMILES string of the molecule is c1ccc(-c2c(-c3ccccc3)c3cccc4c5cccc6cccc(c(c2-c2cccc7c2Cc2ccccc2-7)c34)c65)cc1. The summed E-state index contributed by atoms with van der Waals surface area (Å²) in [4.78, 5) is 0. The summed E-state index contributed by atoms with van der Waals surface area (Å²) < 4.78 is 0. The van der Waals surface area contributed by atoms with E-state index in [9.17, 15) is 0 Å². The van der Waals surface area contributed by atoms with Gasteiger partial charge in [-0.25, -0.2) is 0 Å². The van der Waals surface area contributed by atoms with Gasteiger partial charge < -0.3 is 0 Å². The van der Waals surface area contributed by atoms with Crippen LogP contribution in [0, 0.1) is 0 Å². The van der Waals surface area contributed by atoms with Crippen LogP contribution in [0.3, 0.4) is 0 Å². The molecule has 0 atom stereocenters. The molecule has 0 nitrogen and oxygen atoms in total. The lowest BCUT2D eigenvalue weighted by Gasteiger charge is -2.26. The average molecular weight is 569 g/mol. The monoisotopic (exact) mass is 568 g/mol. The summed E-state index contributed by atoms with van der Waals surface area (Å²) in [7, 11) is 0. The maximum atomic E-state index is 2.38. The first kappa shape index (κ1) is 24.7. The van der Waals surface area contributed by atoms with Crippen LogP contribution >= 0.6 is 0 Å². The van der Waals surface area contributed by atoms with Gasteiger partial charge in [0.25, 0.3) is 0 Å². The van der Waals surface area contributed by atoms with Crippen molar-refractivity contribution in [3.05, 3.63) is 169 Å². The van der Waals surface area contributed by atoms with Crippen molar-refractivity contribution in [1.82, 2.24) is 0 Å². The predicted octanol–water partition coefficient (Wildman–Crippen LogP) is 12.3. The fourth-order valence-electron chi connectivity index (χ4n) is 8.27. The van der Waals surface area contributed by atoms with Gasteiger partial charge >= 0.3 is 0 Å². The van der Waals surface area contributed by atoms with Crippen molar-refractivity contribution >= 4 is 43.1 Å². The summed E-state index contributed by atoms with van der Waals surface area (Å²) in [6.07, 6.45) is 0.941. The van der Waals surface area contributed by atoms with Crippen LogP contribution < -0.4 is 0 Å². The Morgan fingerprint density at radius 1 is 0.311 bits per heavy atom. The number of benzene rings is 9. The summed E-state index contributed by atoms with van der Waals surface area (Å²) in [5, 5.41) is 10.6. The van der Waals surface area contributed by atoms with Crippen molar-refractivity contribution in [1.29, 1.82) is 0 Å². The Kier molecular flexibility index (Phi) is 5.15. The van der Waals surface area contributed by atoms with E-state index in [1.165, 1.54) is 98.7 Å². The highest BCUT2D eigenvalue weighted by Crippen LogP contribution is 2.54. The highest BCUT2D eigenvalue weighted by Gasteiger charge is 2.28. The molecule has 0 fully saturated rings. The smallest absolute Gasteiger partial charge is 0.000728 e. The molecular formula is C45H28. The molecule has 0 radical (unpaired) electrons. The normalized spacial score (nSPS) is 12.4. The van der Waals surface area contributed by atoms with Gasteiger partial charge in [-0.15, -0.1) is 0 Å². The molecule has 0 aliphatic heterocycles. The van der Waals surface area contributed by atoms with Gasteiger partial charge in [-0.3, -0.25) is 0 Å². The second-order valence-electron chi connectivity index (χ2n) is 12.3. The molecular weight excluding hydrogens is 540 g/mol. The van der Waals surface area contributed by atoms with Gasteiger partial charge in [-0.05, 0) is 105 Å². The lowest BCUT2D eigenvalue weighted by atomic mass is 9.77. The van der Waals surface area contributed by atoms with Crippen LogP contribution in [0.4, 0.5) is 0 Å². The minimum Gasteiger partial charge on any atom is -0.0622 e. The Balaban J connectivity index is 1.52. The van der Waals surface area contributed by atoms with Gasteiger partial charge in [0.1, 0.15) is 0 Å². The lowest BCUT2D eigenvalue weighted by Crippen LogP contribution is -1.99. The molecule has 0 spiro atoms. The Hall–Kier alpha value is -5.72. The molecule has 1 aliphatic rings. The van der Waals surface area contributed by atoms with E-state index in [0.29, 0.717) is 0 Å². The van der Waals surface area contributed by atoms with Crippen molar-refractivity contribution < 1.29 is 0 Å². The van der Waals surface area contributed by atoms with E-state index in [2.05, 4.69) is 158 Å². The number of hydrogen-bond acceptors (Lipinski definition) is 0. The highest BCUT2D eigenvalue weighted by atomic mass is 14.3. The number of fused-ring (bicyclic) bond motifs is 5. The van der Waals surface area contributed by atoms with E-state index in [1.807, 2.05) is 0 Å². The molecule has 208 valence electrons. The van der Waals surface area contributed by atoms with Crippen LogP contribution in [0.2, 0.25) is 0 Å². The first-order valence-electron chi connectivity index (χ1n) is 15.8. The van der Waals surface area contributed by atoms with E-state index in [4.69, 9.17) is 0 Å². The van der Waals surface area contributed by atoms with Crippen molar-refractivity contribution in [2.45, 2.75) is 6.42 Å². The molecule has 0 saturated heterocycles. The van der Waals surface area contributed by atoms with Crippen LogP contribution in [-0.4, -0.2) is 0 Å². The Bertz CT molecular complexity index is 2580. The van der Waals surface area contributed by atoms with Gasteiger partial charge in [0.15, 0.2) is 0 Å². The van der Waals surface area contributed by atoms with Crippen LogP contribution in [-0.2, 0) is 6.42 Å². The number of rotatable bonds is 3. The third-order valence-electron chi connectivity index (χ3n) is 10.0. The summed E-state index contributed by atoms with van der Waals surface area (Å²) in [6, 6.07) is 58.6. The van der Waals surface area contributed by atoms with E-state index in [0.717, 1.165) is 6.42 Å². The number of hydrogen-bond donors (Lipinski definition) is 0. The summed E-state index contributed by atoms with van der Waals surface area (Å²) in [6.45, 7) is 0. The molecule has 9 aromatic carbocycles. The maximum absolute atomic E-state index is 2.38. The zero-order valence-electron chi connectivity index (χ0n) is 24.7. The zero-order valence-corrected chi connectivity index (χ0v) is 24.7. The summed E-state index contributed by atoms with van der Waals surface area (Å²) >= 11 is 0. The lowest BCUT2D eigenvalue weighted by molar-refractivity contribution is 1.27. The molecule has 0 heterocycles. The summed E-state index contributed by atoms with van der Waals surface area (Å²) in [5.41, 5.74) is 13.3. The van der Waals surface area contributed by atoms with Crippen LogP contribution in [0.25, 0.3) is 87.6 Å². The van der Waals surface area contributed by atoms with Gasteiger partial charge in [-0.1, -0.05) is 158 Å². The molecule has 45 heavy (non-hydrogen) atoms. The first-order valence-corrected chi connectivity index (χ1v) is 15.8. The molecule has 0 amide bonds. The fraction of sp³-hybridized carbons (Fsp3) is 0.0222. The molecule has 1 aliphatic carbocycles. The van der Waals surface area contributed by atoms with Crippen molar-refractivity contribution in [2.24, 2.45) is 0 Å². The molecule has 0 aromatic heterocycles. The molecule has 0 heteroatoms. The maximum Gasteiger partial charge on any atom is -0.000728 e. The second-order valence-corrected chi connectivity index (χ2v) is 12.3. The predicted molar refractivity (Wildman–Crippen MR) is 192 cm³/mol. The Morgan fingerprint density at radius 2 is 0.867 bits per heavy atom. The topological polar surface area (TPSA) is 0 Å². The molecule has 10 rings (SSSR count). The van der Waals surface area contributed by atoms with E-state index >= 15 is 0 Å². The van der Waals surface area contributed by atoms with Gasteiger partial charge in [0.2, 0.25) is 0 Å². The molecule has 0 unspecified atom stereocenters. The highest BCUT2D eigenvalue weighted by molar-refractivity contribution is 6.38. The summed E-state index contributed by atoms with van der Waals surface area (Å²) in [5.74, 6) is 0. The van der Waals surface area contributed by atoms with Crippen molar-refractivity contribution in [3.8, 4) is 44.5 Å². The van der Waals surface area contributed by atoms with E-state index in [-0.39, 0.29) is 0 Å². The van der Waals surface area contributed by atoms with Gasteiger partial charge in [0.05, 0.1) is 0 Å². The van der Waals surface area contributed by atoms with Crippen LogP contribution in [0.15, 0.2) is 158 Å². The van der Waals surface area contributed by atoms with E-state index < -0.39 is 0 Å². The first-order chi connectivity index (χ1) is 22.4. The van der Waals surface area contributed by atoms with Crippen molar-refractivity contribution in [3.63, 3.8) is 0 Å². The van der Waals surface area contributed by atoms with Crippen molar-refractivity contribution in [2.75, 3.05) is 0 Å². The standard InChI is InChI=1S/C45H28/c1-3-13-29(14-4-1)41-38-26-12-23-35-34-22-9-18-28-19-10-25-37(40(28)34)45(43(35)38)44(42(41)30-15-5-2-6-16-30)36-24-11-21-33-32-20-8-7-17-31(32)27-39(33)36/h1-26H,27H2. The average Bonchev–Trinajstić information content (AvgIpc) is 3.50. The van der Waals surface area contributed by atoms with E-state index in [1.54, 1.807) is 0 Å². The third kappa shape index (κ3) is 3.43. The van der Waals surface area contributed by atoms with Gasteiger partial charge in [0, 0.05) is 0 Å². The second kappa shape index (κ2) is 9.39. The molecule has 0 bridgehead atoms. The van der Waals surface area contributed by atoms with Crippen LogP contribution in [0.1, 0.15) is 11.1 Å². The fourth-order valence-corrected chi connectivity index (χ4v) is 8.27. The van der Waals surface area contributed by atoms with Crippen LogP contribution in [0.5, 0.6) is 0 Å². The largest absolute Gasteiger partial charge is 0.0622 e. The minimum absolute atomic E-state index is 0.941. The molecule has 9 aromatic rings. The Morgan fingerprint density at radius 3 is 1.64 bits per heavy atom.